The summed E-state index contributed by atoms with van der Waals surface area (Å²) in [6.45, 7) is 4.69. The highest BCUT2D eigenvalue weighted by molar-refractivity contribution is 5.71. The molecule has 9 heteroatoms. The van der Waals surface area contributed by atoms with Gasteiger partial charge in [0.1, 0.15) is 13.2 Å². The van der Waals surface area contributed by atoms with E-state index in [1.807, 2.05) is 21.1 Å². The molecule has 0 saturated heterocycles. The van der Waals surface area contributed by atoms with Crippen LogP contribution in [0, 0.1) is 0 Å². The van der Waals surface area contributed by atoms with Crippen molar-refractivity contribution in [1.29, 1.82) is 0 Å². The zero-order chi connectivity index (χ0) is 45.6. The minimum absolute atomic E-state index is 0.176. The second-order valence-electron chi connectivity index (χ2n) is 17.0. The molecule has 0 spiro atoms. The molecule has 62 heavy (non-hydrogen) atoms. The second-order valence-corrected chi connectivity index (χ2v) is 17.0. The lowest BCUT2D eigenvalue weighted by atomic mass is 10.1. The predicted molar refractivity (Wildman–Crippen MR) is 258 cm³/mol. The van der Waals surface area contributed by atoms with Crippen LogP contribution in [0.1, 0.15) is 174 Å². The molecule has 0 aliphatic carbocycles. The predicted octanol–water partition coefficient (Wildman–Crippen LogP) is 13.3. The SMILES string of the molecule is CC/C=C\C/C=C\C/C=C\C/C=C\C/C=C\C/C=C\CCCCCCC(=O)OC(COC(=O)CCCCCCC/C=C\CCCCCCC)COC(OCC[N+](C)(C)C)C(=O)O. The number of quaternary nitrogens is 1. The van der Waals surface area contributed by atoms with Crippen LogP contribution in [0.4, 0.5) is 0 Å². The molecular formula is C53H90NO8+. The van der Waals surface area contributed by atoms with Crippen molar-refractivity contribution in [3.63, 3.8) is 0 Å². The third-order valence-electron chi connectivity index (χ3n) is 9.89. The summed E-state index contributed by atoms with van der Waals surface area (Å²) in [6, 6.07) is 0. The number of hydrogen-bond donors (Lipinski definition) is 1. The maximum atomic E-state index is 12.8. The fourth-order valence-corrected chi connectivity index (χ4v) is 6.13. The van der Waals surface area contributed by atoms with Gasteiger partial charge in [-0.05, 0) is 89.9 Å². The van der Waals surface area contributed by atoms with Crippen molar-refractivity contribution in [1.82, 2.24) is 0 Å². The van der Waals surface area contributed by atoms with Crippen molar-refractivity contribution >= 4 is 17.9 Å². The summed E-state index contributed by atoms with van der Waals surface area (Å²) in [4.78, 5) is 37.2. The van der Waals surface area contributed by atoms with Crippen LogP contribution in [0.2, 0.25) is 0 Å². The van der Waals surface area contributed by atoms with Crippen LogP contribution in [0.15, 0.2) is 85.1 Å². The van der Waals surface area contributed by atoms with Gasteiger partial charge < -0.3 is 28.5 Å². The molecule has 0 aliphatic heterocycles. The van der Waals surface area contributed by atoms with Crippen molar-refractivity contribution in [2.75, 3.05) is 47.5 Å². The van der Waals surface area contributed by atoms with E-state index in [2.05, 4.69) is 98.9 Å². The minimum atomic E-state index is -1.52. The van der Waals surface area contributed by atoms with E-state index in [0.29, 0.717) is 17.4 Å². The first-order valence-electron chi connectivity index (χ1n) is 24.3. The van der Waals surface area contributed by atoms with Gasteiger partial charge in [-0.2, -0.15) is 0 Å². The maximum Gasteiger partial charge on any atom is 0.361 e. The van der Waals surface area contributed by atoms with Gasteiger partial charge in [0, 0.05) is 12.8 Å². The van der Waals surface area contributed by atoms with E-state index in [9.17, 15) is 19.5 Å². The summed E-state index contributed by atoms with van der Waals surface area (Å²) in [7, 11) is 5.94. The van der Waals surface area contributed by atoms with Crippen LogP contribution in [0.25, 0.3) is 0 Å². The largest absolute Gasteiger partial charge is 0.477 e. The van der Waals surface area contributed by atoms with Gasteiger partial charge in [0.25, 0.3) is 6.29 Å². The van der Waals surface area contributed by atoms with E-state index < -0.39 is 24.3 Å². The van der Waals surface area contributed by atoms with Crippen molar-refractivity contribution in [2.24, 2.45) is 0 Å². The molecule has 2 unspecified atom stereocenters. The van der Waals surface area contributed by atoms with Gasteiger partial charge in [-0.3, -0.25) is 9.59 Å². The van der Waals surface area contributed by atoms with Crippen LogP contribution in [-0.4, -0.2) is 87.4 Å². The number of carbonyl (C=O) groups is 3. The molecule has 1 N–H and O–H groups in total. The first-order chi connectivity index (χ1) is 30.1. The van der Waals surface area contributed by atoms with Crippen LogP contribution in [0.3, 0.4) is 0 Å². The molecular weight excluding hydrogens is 779 g/mol. The molecule has 0 fully saturated rings. The lowest BCUT2D eigenvalue weighted by molar-refractivity contribution is -0.870. The van der Waals surface area contributed by atoms with E-state index in [1.165, 1.54) is 38.5 Å². The Morgan fingerprint density at radius 1 is 0.500 bits per heavy atom. The van der Waals surface area contributed by atoms with E-state index in [4.69, 9.17) is 18.9 Å². The number of rotatable bonds is 43. The highest BCUT2D eigenvalue weighted by Crippen LogP contribution is 2.12. The highest BCUT2D eigenvalue weighted by atomic mass is 16.7. The quantitative estimate of drug-likeness (QED) is 0.0212. The van der Waals surface area contributed by atoms with E-state index >= 15 is 0 Å². The second kappa shape index (κ2) is 44.1. The summed E-state index contributed by atoms with van der Waals surface area (Å²) in [5.74, 6) is -2.06. The van der Waals surface area contributed by atoms with Crippen molar-refractivity contribution in [2.45, 2.75) is 187 Å². The van der Waals surface area contributed by atoms with Crippen LogP contribution < -0.4 is 0 Å². The molecule has 0 aromatic heterocycles. The van der Waals surface area contributed by atoms with Gasteiger partial charge >= 0.3 is 17.9 Å². The van der Waals surface area contributed by atoms with E-state index in [-0.39, 0.29) is 38.6 Å². The third kappa shape index (κ3) is 44.5. The number of likely N-dealkylation sites (N-methyl/N-ethyl adjacent to an activating group) is 1. The van der Waals surface area contributed by atoms with Crippen LogP contribution >= 0.6 is 0 Å². The molecule has 0 aromatic carbocycles. The molecule has 0 aliphatic rings. The number of carboxylic acids is 1. The van der Waals surface area contributed by atoms with E-state index in [1.54, 1.807) is 0 Å². The zero-order valence-corrected chi connectivity index (χ0v) is 40.0. The lowest BCUT2D eigenvalue weighted by Gasteiger charge is -2.25. The average Bonchev–Trinajstić information content (AvgIpc) is 3.23. The lowest BCUT2D eigenvalue weighted by Crippen LogP contribution is -2.40. The number of nitrogens with zero attached hydrogens (tertiary/aromatic N) is 1. The number of carboxylic acid groups (broad SMARTS) is 1. The molecule has 0 aromatic rings. The monoisotopic (exact) mass is 869 g/mol. The number of unbranched alkanes of at least 4 members (excludes halogenated alkanes) is 14. The van der Waals surface area contributed by atoms with Gasteiger partial charge in [-0.25, -0.2) is 4.79 Å². The standard InChI is InChI=1S/C53H89NO8/c1-6-8-10-12-14-16-18-20-22-23-24-25-26-27-28-29-30-32-34-36-38-40-42-44-51(56)62-49(48-61-53(52(57)58)59-46-45-54(3,4)5)47-60-50(55)43-41-39-37-35-33-31-21-19-17-15-13-11-9-7-2/h8,10,14,16,19-22,24-25,27-28,30,32,49,53H,6-7,9,11-13,15,17-18,23,26,29,31,33-48H2,1-5H3/p+1/b10-8-,16-14-,21-19-,22-20-,25-24-,28-27-,32-30-. The first kappa shape index (κ1) is 58.5. The number of ether oxygens (including phenoxy) is 4. The van der Waals surface area contributed by atoms with Gasteiger partial charge in [0.2, 0.25) is 0 Å². The third-order valence-corrected chi connectivity index (χ3v) is 9.89. The van der Waals surface area contributed by atoms with E-state index in [0.717, 1.165) is 103 Å². The first-order valence-corrected chi connectivity index (χ1v) is 24.3. The average molecular weight is 869 g/mol. The maximum absolute atomic E-state index is 12.8. The summed E-state index contributed by atoms with van der Waals surface area (Å²) >= 11 is 0. The molecule has 0 bridgehead atoms. The van der Waals surface area contributed by atoms with Gasteiger partial charge in [0.15, 0.2) is 6.10 Å². The fraction of sp³-hybridized carbons (Fsp3) is 0.679. The molecule has 0 saturated carbocycles. The normalized spacial score (nSPS) is 13.6. The number of carbonyl (C=O) groups excluding carboxylic acids is 2. The zero-order valence-electron chi connectivity index (χ0n) is 40.0. The van der Waals surface area contributed by atoms with Crippen molar-refractivity contribution in [3.05, 3.63) is 85.1 Å². The Morgan fingerprint density at radius 3 is 1.39 bits per heavy atom. The molecule has 0 heterocycles. The summed E-state index contributed by atoms with van der Waals surface area (Å²) in [6.07, 6.45) is 53.5. The number of aliphatic carboxylic acids is 1. The molecule has 354 valence electrons. The minimum Gasteiger partial charge on any atom is -0.477 e. The van der Waals surface area contributed by atoms with Gasteiger partial charge in [-0.15, -0.1) is 0 Å². The summed E-state index contributed by atoms with van der Waals surface area (Å²) in [5, 5.41) is 9.65. The Bertz CT molecular complexity index is 1290. The fourth-order valence-electron chi connectivity index (χ4n) is 6.13. The molecule has 9 nitrogen and oxygen atoms in total. The molecule has 0 rings (SSSR count). The number of hydrogen-bond acceptors (Lipinski definition) is 7. The Balaban J connectivity index is 4.46. The Hall–Kier alpha value is -3.53. The van der Waals surface area contributed by atoms with Gasteiger partial charge in [-0.1, -0.05) is 157 Å². The van der Waals surface area contributed by atoms with Crippen molar-refractivity contribution < 1.29 is 42.9 Å². The summed E-state index contributed by atoms with van der Waals surface area (Å²) < 4.78 is 22.7. The number of allylic oxidation sites excluding steroid dienone is 14. The van der Waals surface area contributed by atoms with Crippen molar-refractivity contribution in [3.8, 4) is 0 Å². The van der Waals surface area contributed by atoms with Crippen LogP contribution in [0.5, 0.6) is 0 Å². The topological polar surface area (TPSA) is 108 Å². The smallest absolute Gasteiger partial charge is 0.361 e. The number of esters is 2. The molecule has 2 atom stereocenters. The molecule has 0 amide bonds. The van der Waals surface area contributed by atoms with Gasteiger partial charge in [0.05, 0.1) is 34.4 Å². The molecule has 0 radical (unpaired) electrons. The Labute approximate surface area is 379 Å². The Morgan fingerprint density at radius 2 is 0.919 bits per heavy atom. The van der Waals surface area contributed by atoms with Crippen LogP contribution in [-0.2, 0) is 33.3 Å². The highest BCUT2D eigenvalue weighted by Gasteiger charge is 2.25. The Kier molecular flexibility index (Phi) is 41.6. The summed E-state index contributed by atoms with van der Waals surface area (Å²) in [5.41, 5.74) is 0.